The minimum Gasteiger partial charge on any atom is -0.326 e. The van der Waals surface area contributed by atoms with Crippen LogP contribution in [0.25, 0.3) is 0 Å². The quantitative estimate of drug-likeness (QED) is 0.712. The average molecular weight is 387 g/mol. The van der Waals surface area contributed by atoms with Crippen LogP contribution in [0.4, 0.5) is 22.9 Å². The Labute approximate surface area is 168 Å². The summed E-state index contributed by atoms with van der Waals surface area (Å²) >= 11 is 0. The highest BCUT2D eigenvalue weighted by atomic mass is 16.2. The number of hydrogen-bond donors (Lipinski definition) is 2. The SMILES string of the molecule is CC(=O)Nc1ccc(NC(=O)c2cc(N3CCCc4ccccc43)ncn2)cc1. The van der Waals surface area contributed by atoms with Crippen LogP contribution in [0.15, 0.2) is 60.9 Å². The van der Waals surface area contributed by atoms with Crippen LogP contribution in [0, 0.1) is 0 Å². The number of para-hydroxylation sites is 1. The molecule has 1 aliphatic heterocycles. The number of hydrogen-bond acceptors (Lipinski definition) is 5. The van der Waals surface area contributed by atoms with E-state index >= 15 is 0 Å². The fraction of sp³-hybridized carbons (Fsp3) is 0.182. The van der Waals surface area contributed by atoms with Gasteiger partial charge >= 0.3 is 0 Å². The average Bonchev–Trinajstić information content (AvgIpc) is 2.74. The number of nitrogens with one attached hydrogen (secondary N) is 2. The fourth-order valence-electron chi connectivity index (χ4n) is 3.43. The molecule has 0 bridgehead atoms. The smallest absolute Gasteiger partial charge is 0.274 e. The van der Waals surface area contributed by atoms with Gasteiger partial charge in [0.15, 0.2) is 0 Å². The van der Waals surface area contributed by atoms with E-state index in [4.69, 9.17) is 0 Å². The van der Waals surface area contributed by atoms with Crippen molar-refractivity contribution in [3.05, 3.63) is 72.2 Å². The van der Waals surface area contributed by atoms with Gasteiger partial charge in [0, 0.05) is 36.6 Å². The van der Waals surface area contributed by atoms with E-state index < -0.39 is 0 Å². The van der Waals surface area contributed by atoms with Crippen LogP contribution < -0.4 is 15.5 Å². The van der Waals surface area contributed by atoms with Crippen molar-refractivity contribution < 1.29 is 9.59 Å². The van der Waals surface area contributed by atoms with Crippen molar-refractivity contribution in [1.82, 2.24) is 9.97 Å². The van der Waals surface area contributed by atoms with Crippen LogP contribution in [0.5, 0.6) is 0 Å². The molecule has 146 valence electrons. The van der Waals surface area contributed by atoms with Crippen molar-refractivity contribution in [2.75, 3.05) is 22.1 Å². The molecule has 2 heterocycles. The lowest BCUT2D eigenvalue weighted by atomic mass is 10.0. The minimum absolute atomic E-state index is 0.144. The monoisotopic (exact) mass is 387 g/mol. The number of carbonyl (C=O) groups is 2. The summed E-state index contributed by atoms with van der Waals surface area (Å²) in [6.45, 7) is 2.29. The third-order valence-corrected chi connectivity index (χ3v) is 4.74. The molecule has 0 aliphatic carbocycles. The second-order valence-corrected chi connectivity index (χ2v) is 6.86. The molecule has 0 atom stereocenters. The Bertz CT molecular complexity index is 1050. The maximum atomic E-state index is 12.7. The number of rotatable bonds is 4. The molecular weight excluding hydrogens is 366 g/mol. The zero-order valence-corrected chi connectivity index (χ0v) is 16.1. The summed E-state index contributed by atoms with van der Waals surface area (Å²) in [7, 11) is 0. The third kappa shape index (κ3) is 4.24. The first-order chi connectivity index (χ1) is 14.1. The molecule has 0 saturated heterocycles. The van der Waals surface area contributed by atoms with Gasteiger partial charge in [0.2, 0.25) is 5.91 Å². The molecule has 7 heteroatoms. The van der Waals surface area contributed by atoms with E-state index in [-0.39, 0.29) is 11.8 Å². The lowest BCUT2D eigenvalue weighted by Gasteiger charge is -2.30. The highest BCUT2D eigenvalue weighted by Crippen LogP contribution is 2.32. The molecule has 0 fully saturated rings. The Morgan fingerprint density at radius 1 is 0.966 bits per heavy atom. The Balaban J connectivity index is 1.52. The Kier molecular flexibility index (Phi) is 5.20. The number of aromatic nitrogens is 2. The number of amides is 2. The van der Waals surface area contributed by atoms with Gasteiger partial charge in [-0.25, -0.2) is 9.97 Å². The van der Waals surface area contributed by atoms with Gasteiger partial charge in [-0.3, -0.25) is 9.59 Å². The van der Waals surface area contributed by atoms with Crippen LogP contribution in [-0.4, -0.2) is 28.3 Å². The maximum absolute atomic E-state index is 12.7. The first kappa shape index (κ1) is 18.6. The van der Waals surface area contributed by atoms with E-state index in [9.17, 15) is 9.59 Å². The van der Waals surface area contributed by atoms with Gasteiger partial charge < -0.3 is 15.5 Å². The lowest BCUT2D eigenvalue weighted by Crippen LogP contribution is -2.26. The Morgan fingerprint density at radius 3 is 2.45 bits per heavy atom. The first-order valence-corrected chi connectivity index (χ1v) is 9.46. The van der Waals surface area contributed by atoms with Gasteiger partial charge in [-0.1, -0.05) is 18.2 Å². The number of anilines is 4. The Morgan fingerprint density at radius 2 is 1.69 bits per heavy atom. The summed E-state index contributed by atoms with van der Waals surface area (Å²) in [5, 5.41) is 5.52. The van der Waals surface area contributed by atoms with Gasteiger partial charge in [0.1, 0.15) is 17.8 Å². The molecular formula is C22H21N5O2. The lowest BCUT2D eigenvalue weighted by molar-refractivity contribution is -0.114. The summed E-state index contributed by atoms with van der Waals surface area (Å²) in [4.78, 5) is 34.4. The van der Waals surface area contributed by atoms with Crippen LogP contribution in [0.3, 0.4) is 0 Å². The van der Waals surface area contributed by atoms with Gasteiger partial charge in [-0.15, -0.1) is 0 Å². The zero-order chi connectivity index (χ0) is 20.2. The molecule has 29 heavy (non-hydrogen) atoms. The topological polar surface area (TPSA) is 87.2 Å². The second-order valence-electron chi connectivity index (χ2n) is 6.86. The summed E-state index contributed by atoms with van der Waals surface area (Å²) in [5.41, 5.74) is 3.99. The van der Waals surface area contributed by atoms with E-state index in [2.05, 4.69) is 37.6 Å². The largest absolute Gasteiger partial charge is 0.326 e. The predicted octanol–water partition coefficient (Wildman–Crippen LogP) is 3.77. The minimum atomic E-state index is -0.314. The number of benzene rings is 2. The maximum Gasteiger partial charge on any atom is 0.274 e. The van der Waals surface area contributed by atoms with Crippen LogP contribution in [-0.2, 0) is 11.2 Å². The van der Waals surface area contributed by atoms with Crippen molar-refractivity contribution in [3.8, 4) is 0 Å². The first-order valence-electron chi connectivity index (χ1n) is 9.46. The Hall–Kier alpha value is -3.74. The predicted molar refractivity (Wildman–Crippen MR) is 112 cm³/mol. The number of nitrogens with zero attached hydrogens (tertiary/aromatic N) is 3. The van der Waals surface area contributed by atoms with E-state index in [1.165, 1.54) is 18.8 Å². The molecule has 2 aromatic carbocycles. The van der Waals surface area contributed by atoms with Gasteiger partial charge in [0.05, 0.1) is 0 Å². The van der Waals surface area contributed by atoms with Crippen LogP contribution in [0.2, 0.25) is 0 Å². The van der Waals surface area contributed by atoms with E-state index in [1.54, 1.807) is 30.3 Å². The fourth-order valence-corrected chi connectivity index (χ4v) is 3.43. The van der Waals surface area contributed by atoms with Crippen molar-refractivity contribution >= 4 is 34.7 Å². The standard InChI is InChI=1S/C22H21N5O2/c1-15(28)25-17-8-10-18(11-9-17)26-22(29)19-13-21(24-14-23-19)27-12-4-6-16-5-2-3-7-20(16)27/h2-3,5,7-11,13-14H,4,6,12H2,1H3,(H,25,28)(H,26,29). The molecule has 1 aromatic heterocycles. The number of fused-ring (bicyclic) bond motifs is 1. The molecule has 7 nitrogen and oxygen atoms in total. The molecule has 3 aromatic rings. The summed E-state index contributed by atoms with van der Waals surface area (Å²) in [5.74, 6) is 0.249. The highest BCUT2D eigenvalue weighted by molar-refractivity contribution is 6.03. The van der Waals surface area contributed by atoms with Crippen LogP contribution in [0.1, 0.15) is 29.4 Å². The van der Waals surface area contributed by atoms with Crippen molar-refractivity contribution in [3.63, 3.8) is 0 Å². The zero-order valence-electron chi connectivity index (χ0n) is 16.1. The molecule has 2 amide bonds. The molecule has 4 rings (SSSR count). The molecule has 2 N–H and O–H groups in total. The van der Waals surface area contributed by atoms with Gasteiger partial charge in [0.25, 0.3) is 5.91 Å². The third-order valence-electron chi connectivity index (χ3n) is 4.74. The van der Waals surface area contributed by atoms with Crippen molar-refractivity contribution in [2.45, 2.75) is 19.8 Å². The molecule has 0 saturated carbocycles. The van der Waals surface area contributed by atoms with Crippen molar-refractivity contribution in [2.24, 2.45) is 0 Å². The van der Waals surface area contributed by atoms with Crippen molar-refractivity contribution in [1.29, 1.82) is 0 Å². The molecule has 1 aliphatic rings. The summed E-state index contributed by atoms with van der Waals surface area (Å²) in [6.07, 6.45) is 3.49. The van der Waals surface area contributed by atoms with E-state index in [0.717, 1.165) is 25.1 Å². The van der Waals surface area contributed by atoms with Gasteiger partial charge in [-0.2, -0.15) is 0 Å². The summed E-state index contributed by atoms with van der Waals surface area (Å²) in [6, 6.07) is 16.9. The molecule has 0 unspecified atom stereocenters. The highest BCUT2D eigenvalue weighted by Gasteiger charge is 2.20. The van der Waals surface area contributed by atoms with E-state index in [1.807, 2.05) is 12.1 Å². The van der Waals surface area contributed by atoms with Gasteiger partial charge in [-0.05, 0) is 48.7 Å². The second kappa shape index (κ2) is 8.10. The summed E-state index contributed by atoms with van der Waals surface area (Å²) < 4.78 is 0. The van der Waals surface area contributed by atoms with E-state index in [0.29, 0.717) is 22.9 Å². The number of carbonyl (C=O) groups excluding carboxylic acids is 2. The number of aryl methyl sites for hydroxylation is 1. The molecule has 0 spiro atoms. The van der Waals surface area contributed by atoms with Crippen LogP contribution >= 0.6 is 0 Å². The normalized spacial score (nSPS) is 12.8. The molecule has 0 radical (unpaired) electrons.